The van der Waals surface area contributed by atoms with Gasteiger partial charge in [-0.05, 0) is 30.0 Å². The van der Waals surface area contributed by atoms with Crippen molar-refractivity contribution in [3.8, 4) is 0 Å². The largest absolute Gasteiger partial charge is 0.326 e. The van der Waals surface area contributed by atoms with Crippen molar-refractivity contribution in [3.05, 3.63) is 69.8 Å². The van der Waals surface area contributed by atoms with Crippen molar-refractivity contribution in [2.75, 3.05) is 5.32 Å². The summed E-state index contributed by atoms with van der Waals surface area (Å²) in [5.74, 6) is 0.00728. The molecule has 0 heterocycles. The molecule has 5 nitrogen and oxygen atoms in total. The van der Waals surface area contributed by atoms with Crippen LogP contribution < -0.4 is 5.32 Å². The van der Waals surface area contributed by atoms with Gasteiger partial charge in [-0.1, -0.05) is 37.3 Å². The summed E-state index contributed by atoms with van der Waals surface area (Å²) in [4.78, 5) is 22.4. The number of amides is 1. The monoisotopic (exact) mass is 298 g/mol. The maximum Gasteiger partial charge on any atom is 0.269 e. The predicted molar refractivity (Wildman–Crippen MR) is 85.9 cm³/mol. The van der Waals surface area contributed by atoms with Crippen LogP contribution in [0.4, 0.5) is 11.4 Å². The number of nitrogens with zero attached hydrogens (tertiary/aromatic N) is 1. The van der Waals surface area contributed by atoms with E-state index in [0.29, 0.717) is 17.7 Å². The fraction of sp³-hybridized carbons (Fsp3) is 0.235. The highest BCUT2D eigenvalue weighted by Crippen LogP contribution is 2.23. The van der Waals surface area contributed by atoms with Gasteiger partial charge in [0.1, 0.15) is 0 Å². The molecule has 0 aliphatic carbocycles. The van der Waals surface area contributed by atoms with E-state index >= 15 is 0 Å². The van der Waals surface area contributed by atoms with Crippen LogP contribution in [0.15, 0.2) is 48.5 Å². The lowest BCUT2D eigenvalue weighted by Gasteiger charge is -2.13. The molecule has 0 bridgehead atoms. The SMILES string of the molecule is Cc1cc([N+](=O)[O-])ccc1NC(=O)C[C@H](C)c1ccccc1. The Morgan fingerprint density at radius 3 is 2.50 bits per heavy atom. The normalized spacial score (nSPS) is 11.7. The number of non-ortho nitro benzene ring substituents is 1. The minimum atomic E-state index is -0.448. The molecule has 0 aromatic heterocycles. The number of carbonyl (C=O) groups excluding carboxylic acids is 1. The van der Waals surface area contributed by atoms with Crippen molar-refractivity contribution >= 4 is 17.3 Å². The zero-order valence-electron chi connectivity index (χ0n) is 12.6. The van der Waals surface area contributed by atoms with Crippen LogP contribution in [-0.4, -0.2) is 10.8 Å². The zero-order chi connectivity index (χ0) is 16.1. The number of hydrogen-bond acceptors (Lipinski definition) is 3. The summed E-state index contributed by atoms with van der Waals surface area (Å²) >= 11 is 0. The Morgan fingerprint density at radius 1 is 1.23 bits per heavy atom. The molecule has 0 unspecified atom stereocenters. The molecule has 0 aliphatic rings. The first-order chi connectivity index (χ1) is 10.5. The second-order valence-corrected chi connectivity index (χ2v) is 5.32. The minimum Gasteiger partial charge on any atom is -0.326 e. The predicted octanol–water partition coefficient (Wildman–Crippen LogP) is 4.04. The van der Waals surface area contributed by atoms with Gasteiger partial charge in [0.2, 0.25) is 5.91 Å². The quantitative estimate of drug-likeness (QED) is 0.669. The first kappa shape index (κ1) is 15.7. The fourth-order valence-electron chi connectivity index (χ4n) is 2.28. The van der Waals surface area contributed by atoms with Crippen molar-refractivity contribution in [2.24, 2.45) is 0 Å². The maximum atomic E-state index is 12.1. The number of rotatable bonds is 5. The Labute approximate surface area is 129 Å². The molecule has 22 heavy (non-hydrogen) atoms. The van der Waals surface area contributed by atoms with Crippen LogP contribution in [0.3, 0.4) is 0 Å². The van der Waals surface area contributed by atoms with Gasteiger partial charge in [0.15, 0.2) is 0 Å². The molecule has 5 heteroatoms. The third-order valence-electron chi connectivity index (χ3n) is 3.56. The summed E-state index contributed by atoms with van der Waals surface area (Å²) in [7, 11) is 0. The van der Waals surface area contributed by atoms with E-state index < -0.39 is 4.92 Å². The van der Waals surface area contributed by atoms with Crippen molar-refractivity contribution in [2.45, 2.75) is 26.2 Å². The van der Waals surface area contributed by atoms with Crippen molar-refractivity contribution < 1.29 is 9.72 Å². The topological polar surface area (TPSA) is 72.2 Å². The molecule has 0 spiro atoms. The molecule has 0 aliphatic heterocycles. The van der Waals surface area contributed by atoms with E-state index in [9.17, 15) is 14.9 Å². The van der Waals surface area contributed by atoms with Gasteiger partial charge in [-0.15, -0.1) is 0 Å². The summed E-state index contributed by atoms with van der Waals surface area (Å²) in [6.45, 7) is 3.74. The molecular weight excluding hydrogens is 280 g/mol. The van der Waals surface area contributed by atoms with E-state index in [4.69, 9.17) is 0 Å². The molecule has 0 fully saturated rings. The van der Waals surface area contributed by atoms with Gasteiger partial charge in [-0.2, -0.15) is 0 Å². The number of aryl methyl sites for hydroxylation is 1. The van der Waals surface area contributed by atoms with E-state index in [1.807, 2.05) is 37.3 Å². The van der Waals surface area contributed by atoms with Crippen LogP contribution in [0.2, 0.25) is 0 Å². The van der Waals surface area contributed by atoms with Crippen molar-refractivity contribution in [1.29, 1.82) is 0 Å². The highest BCUT2D eigenvalue weighted by atomic mass is 16.6. The van der Waals surface area contributed by atoms with Gasteiger partial charge in [-0.3, -0.25) is 14.9 Å². The number of nitro groups is 1. The summed E-state index contributed by atoms with van der Waals surface area (Å²) < 4.78 is 0. The minimum absolute atomic E-state index is 0.0214. The smallest absolute Gasteiger partial charge is 0.269 e. The Morgan fingerprint density at radius 2 is 1.91 bits per heavy atom. The Bertz CT molecular complexity index is 684. The molecule has 0 saturated heterocycles. The Hall–Kier alpha value is -2.69. The summed E-state index contributed by atoms with van der Waals surface area (Å²) in [5, 5.41) is 13.5. The van der Waals surface area contributed by atoms with Crippen LogP contribution >= 0.6 is 0 Å². The molecular formula is C17H18N2O3. The average Bonchev–Trinajstić information content (AvgIpc) is 2.50. The van der Waals surface area contributed by atoms with Crippen LogP contribution in [0, 0.1) is 17.0 Å². The molecule has 114 valence electrons. The van der Waals surface area contributed by atoms with Gasteiger partial charge in [0.25, 0.3) is 5.69 Å². The third kappa shape index (κ3) is 3.91. The van der Waals surface area contributed by atoms with Gasteiger partial charge in [-0.25, -0.2) is 0 Å². The lowest BCUT2D eigenvalue weighted by molar-refractivity contribution is -0.384. The van der Waals surface area contributed by atoms with Gasteiger partial charge in [0.05, 0.1) is 4.92 Å². The van der Waals surface area contributed by atoms with Crippen LogP contribution in [-0.2, 0) is 4.79 Å². The lowest BCUT2D eigenvalue weighted by atomic mass is 9.97. The van der Waals surface area contributed by atoms with Crippen LogP contribution in [0.1, 0.15) is 30.4 Å². The summed E-state index contributed by atoms with van der Waals surface area (Å²) in [5.41, 5.74) is 2.41. The standard InChI is InChI=1S/C17H18N2O3/c1-12(14-6-4-3-5-7-14)11-17(20)18-16-9-8-15(19(21)22)10-13(16)2/h3-10,12H,11H2,1-2H3,(H,18,20)/t12-/m0/s1. The first-order valence-electron chi connectivity index (χ1n) is 7.07. The van der Waals surface area contributed by atoms with Gasteiger partial charge < -0.3 is 5.32 Å². The van der Waals surface area contributed by atoms with E-state index in [-0.39, 0.29) is 17.5 Å². The van der Waals surface area contributed by atoms with Crippen molar-refractivity contribution in [1.82, 2.24) is 0 Å². The number of nitrogens with one attached hydrogen (secondary N) is 1. The number of anilines is 1. The average molecular weight is 298 g/mol. The molecule has 2 aromatic carbocycles. The molecule has 2 aromatic rings. The number of benzene rings is 2. The highest BCUT2D eigenvalue weighted by molar-refractivity contribution is 5.92. The van der Waals surface area contributed by atoms with E-state index in [1.165, 1.54) is 12.1 Å². The second-order valence-electron chi connectivity index (χ2n) is 5.32. The molecule has 1 N–H and O–H groups in total. The molecule has 1 amide bonds. The zero-order valence-corrected chi connectivity index (χ0v) is 12.6. The van der Waals surface area contributed by atoms with Gasteiger partial charge in [0, 0.05) is 24.2 Å². The number of nitro benzene ring substituents is 1. The number of carbonyl (C=O) groups is 1. The second kappa shape index (κ2) is 6.85. The molecule has 0 radical (unpaired) electrons. The molecule has 1 atom stereocenters. The van der Waals surface area contributed by atoms with Gasteiger partial charge >= 0.3 is 0 Å². The number of hydrogen-bond donors (Lipinski definition) is 1. The van der Waals surface area contributed by atoms with Crippen molar-refractivity contribution in [3.63, 3.8) is 0 Å². The highest BCUT2D eigenvalue weighted by Gasteiger charge is 2.13. The summed E-state index contributed by atoms with van der Waals surface area (Å²) in [6, 6.07) is 14.2. The Kier molecular flexibility index (Phi) is 4.88. The maximum absolute atomic E-state index is 12.1. The molecule has 2 rings (SSSR count). The van der Waals surface area contributed by atoms with E-state index in [1.54, 1.807) is 13.0 Å². The van der Waals surface area contributed by atoms with E-state index in [2.05, 4.69) is 5.32 Å². The summed E-state index contributed by atoms with van der Waals surface area (Å²) in [6.07, 6.45) is 0.362. The van der Waals surface area contributed by atoms with Crippen LogP contribution in [0.5, 0.6) is 0 Å². The molecule has 0 saturated carbocycles. The Balaban J connectivity index is 2.02. The van der Waals surface area contributed by atoms with Crippen LogP contribution in [0.25, 0.3) is 0 Å². The third-order valence-corrected chi connectivity index (χ3v) is 3.56. The van der Waals surface area contributed by atoms with E-state index in [0.717, 1.165) is 5.56 Å². The first-order valence-corrected chi connectivity index (χ1v) is 7.07. The fourth-order valence-corrected chi connectivity index (χ4v) is 2.28. The lowest BCUT2D eigenvalue weighted by Crippen LogP contribution is -2.15.